The Morgan fingerprint density at radius 1 is 1.44 bits per heavy atom. The van der Waals surface area contributed by atoms with Crippen LogP contribution < -0.4 is 5.32 Å². The van der Waals surface area contributed by atoms with Crippen LogP contribution in [0.4, 0.5) is 4.39 Å². The quantitative estimate of drug-likeness (QED) is 0.931. The zero-order chi connectivity index (χ0) is 13.1. The Kier molecular flexibility index (Phi) is 4.27. The minimum absolute atomic E-state index is 0.101. The van der Waals surface area contributed by atoms with Crippen molar-refractivity contribution >= 4 is 22.9 Å². The molecule has 1 aromatic carbocycles. The lowest BCUT2D eigenvalue weighted by Crippen LogP contribution is -2.17. The number of aromatic nitrogens is 2. The summed E-state index contributed by atoms with van der Waals surface area (Å²) < 4.78 is 13.1. The van der Waals surface area contributed by atoms with Crippen molar-refractivity contribution in [1.82, 2.24) is 15.5 Å². The van der Waals surface area contributed by atoms with Gasteiger partial charge in [-0.3, -0.25) is 0 Å². The second-order valence-electron chi connectivity index (χ2n) is 3.85. The van der Waals surface area contributed by atoms with Crippen molar-refractivity contribution in [2.45, 2.75) is 19.9 Å². The Morgan fingerprint density at radius 3 is 2.89 bits per heavy atom. The third kappa shape index (κ3) is 2.85. The number of nitrogens with zero attached hydrogens (tertiary/aromatic N) is 2. The maximum Gasteiger partial charge on any atom is 0.147 e. The van der Waals surface area contributed by atoms with Crippen molar-refractivity contribution in [3.05, 3.63) is 34.0 Å². The SMILES string of the molecule is CCNC(C)c1nnc(-c2ccc(F)c(Cl)c2)s1. The molecule has 1 aromatic heterocycles. The second-order valence-corrected chi connectivity index (χ2v) is 5.27. The summed E-state index contributed by atoms with van der Waals surface area (Å²) in [6.07, 6.45) is 0. The van der Waals surface area contributed by atoms with Crippen molar-refractivity contribution in [1.29, 1.82) is 0 Å². The molecule has 1 heterocycles. The van der Waals surface area contributed by atoms with Crippen LogP contribution in [0.5, 0.6) is 0 Å². The first-order chi connectivity index (χ1) is 8.61. The molecule has 0 spiro atoms. The van der Waals surface area contributed by atoms with E-state index in [-0.39, 0.29) is 11.1 Å². The summed E-state index contributed by atoms with van der Waals surface area (Å²) in [5, 5.41) is 13.3. The standard InChI is InChI=1S/C12H13ClFN3S/c1-3-15-7(2)11-16-17-12(18-11)8-4-5-10(14)9(13)6-8/h4-7,15H,3H2,1-2H3. The highest BCUT2D eigenvalue weighted by Crippen LogP contribution is 2.29. The number of halogens is 2. The van der Waals surface area contributed by atoms with Gasteiger partial charge in [0.25, 0.3) is 0 Å². The first-order valence-corrected chi connectivity index (χ1v) is 6.83. The van der Waals surface area contributed by atoms with E-state index in [1.54, 1.807) is 12.1 Å². The van der Waals surface area contributed by atoms with E-state index >= 15 is 0 Å². The summed E-state index contributed by atoms with van der Waals surface area (Å²) in [5.41, 5.74) is 0.786. The lowest BCUT2D eigenvalue weighted by Gasteiger charge is -2.06. The molecule has 0 aliphatic rings. The van der Waals surface area contributed by atoms with Gasteiger partial charge in [0.2, 0.25) is 0 Å². The Hall–Kier alpha value is -1.04. The van der Waals surface area contributed by atoms with Crippen molar-refractivity contribution in [3.63, 3.8) is 0 Å². The predicted molar refractivity (Wildman–Crippen MR) is 72.4 cm³/mol. The Bertz CT molecular complexity index is 544. The van der Waals surface area contributed by atoms with Gasteiger partial charge in [-0.1, -0.05) is 29.9 Å². The van der Waals surface area contributed by atoms with Crippen molar-refractivity contribution in [2.24, 2.45) is 0 Å². The van der Waals surface area contributed by atoms with Gasteiger partial charge in [0.1, 0.15) is 15.8 Å². The molecule has 3 nitrogen and oxygen atoms in total. The van der Waals surface area contributed by atoms with Gasteiger partial charge in [-0.15, -0.1) is 10.2 Å². The molecule has 0 radical (unpaired) electrons. The molecule has 0 aliphatic carbocycles. The monoisotopic (exact) mass is 285 g/mol. The summed E-state index contributed by atoms with van der Waals surface area (Å²) in [6, 6.07) is 4.73. The lowest BCUT2D eigenvalue weighted by atomic mass is 10.2. The zero-order valence-corrected chi connectivity index (χ0v) is 11.6. The van der Waals surface area contributed by atoms with Crippen LogP contribution in [0.2, 0.25) is 5.02 Å². The summed E-state index contributed by atoms with van der Waals surface area (Å²) in [6.45, 7) is 4.95. The number of hydrogen-bond acceptors (Lipinski definition) is 4. The fraction of sp³-hybridized carbons (Fsp3) is 0.333. The second kappa shape index (κ2) is 5.73. The number of nitrogens with one attached hydrogen (secondary N) is 1. The van der Waals surface area contributed by atoms with E-state index in [0.29, 0.717) is 0 Å². The van der Waals surface area contributed by atoms with Crippen LogP contribution in [0.15, 0.2) is 18.2 Å². The van der Waals surface area contributed by atoms with E-state index < -0.39 is 5.82 Å². The summed E-state index contributed by atoms with van der Waals surface area (Å²) in [5.74, 6) is -0.425. The number of hydrogen-bond donors (Lipinski definition) is 1. The van der Waals surface area contributed by atoms with Gasteiger partial charge < -0.3 is 5.32 Å². The molecule has 1 unspecified atom stereocenters. The average molecular weight is 286 g/mol. The number of rotatable bonds is 4. The predicted octanol–water partition coefficient (Wildman–Crippen LogP) is 3.67. The third-order valence-corrected chi connectivity index (χ3v) is 3.93. The fourth-order valence-corrected chi connectivity index (χ4v) is 2.60. The lowest BCUT2D eigenvalue weighted by molar-refractivity contribution is 0.590. The highest BCUT2D eigenvalue weighted by atomic mass is 35.5. The van der Waals surface area contributed by atoms with Crippen molar-refractivity contribution < 1.29 is 4.39 Å². The Balaban J connectivity index is 2.26. The molecule has 0 aliphatic heterocycles. The minimum Gasteiger partial charge on any atom is -0.308 e. The fourth-order valence-electron chi connectivity index (χ4n) is 1.55. The molecule has 0 saturated carbocycles. The minimum atomic E-state index is -0.425. The molecule has 2 rings (SSSR count). The van der Waals surface area contributed by atoms with E-state index in [4.69, 9.17) is 11.6 Å². The highest BCUT2D eigenvalue weighted by Gasteiger charge is 2.13. The molecule has 2 aromatic rings. The van der Waals surface area contributed by atoms with E-state index in [9.17, 15) is 4.39 Å². The van der Waals surface area contributed by atoms with Gasteiger partial charge in [0, 0.05) is 5.56 Å². The van der Waals surface area contributed by atoms with Gasteiger partial charge in [-0.25, -0.2) is 4.39 Å². The van der Waals surface area contributed by atoms with Crippen LogP contribution in [-0.2, 0) is 0 Å². The first-order valence-electron chi connectivity index (χ1n) is 5.64. The van der Waals surface area contributed by atoms with Crippen LogP contribution in [0, 0.1) is 5.82 Å². The molecular formula is C12H13ClFN3S. The largest absolute Gasteiger partial charge is 0.308 e. The van der Waals surface area contributed by atoms with Crippen LogP contribution in [0.1, 0.15) is 24.9 Å². The molecule has 0 amide bonds. The maximum atomic E-state index is 13.1. The van der Waals surface area contributed by atoms with Gasteiger partial charge in [-0.2, -0.15) is 0 Å². The molecule has 1 N–H and O–H groups in total. The van der Waals surface area contributed by atoms with Gasteiger partial charge >= 0.3 is 0 Å². The number of benzene rings is 1. The van der Waals surface area contributed by atoms with Crippen LogP contribution in [-0.4, -0.2) is 16.7 Å². The first kappa shape index (κ1) is 13.4. The van der Waals surface area contributed by atoms with Gasteiger partial charge in [-0.05, 0) is 31.7 Å². The van der Waals surface area contributed by atoms with Crippen molar-refractivity contribution in [2.75, 3.05) is 6.54 Å². The topological polar surface area (TPSA) is 37.8 Å². The molecule has 0 fully saturated rings. The molecule has 0 bridgehead atoms. The summed E-state index contributed by atoms with van der Waals surface area (Å²) in [4.78, 5) is 0. The molecular weight excluding hydrogens is 273 g/mol. The van der Waals surface area contributed by atoms with Crippen LogP contribution in [0.3, 0.4) is 0 Å². The molecule has 1 atom stereocenters. The Labute approximate surface area is 114 Å². The normalized spacial score (nSPS) is 12.7. The molecule has 96 valence electrons. The zero-order valence-electron chi connectivity index (χ0n) is 10.1. The van der Waals surface area contributed by atoms with E-state index in [0.717, 1.165) is 22.1 Å². The van der Waals surface area contributed by atoms with Gasteiger partial charge in [0.05, 0.1) is 11.1 Å². The third-order valence-electron chi connectivity index (χ3n) is 2.49. The van der Waals surface area contributed by atoms with E-state index in [1.165, 1.54) is 17.4 Å². The average Bonchev–Trinajstić information content (AvgIpc) is 2.82. The van der Waals surface area contributed by atoms with Crippen molar-refractivity contribution in [3.8, 4) is 10.6 Å². The molecule has 6 heteroatoms. The maximum absolute atomic E-state index is 13.1. The van der Waals surface area contributed by atoms with E-state index in [2.05, 4.69) is 15.5 Å². The Morgan fingerprint density at radius 2 is 2.22 bits per heavy atom. The van der Waals surface area contributed by atoms with Gasteiger partial charge in [0.15, 0.2) is 0 Å². The van der Waals surface area contributed by atoms with E-state index in [1.807, 2.05) is 13.8 Å². The molecule has 0 saturated heterocycles. The summed E-state index contributed by atoms with van der Waals surface area (Å²) >= 11 is 7.23. The molecule has 18 heavy (non-hydrogen) atoms. The van der Waals surface area contributed by atoms with Crippen LogP contribution in [0.25, 0.3) is 10.6 Å². The smallest absolute Gasteiger partial charge is 0.147 e. The van der Waals surface area contributed by atoms with Crippen LogP contribution >= 0.6 is 22.9 Å². The highest BCUT2D eigenvalue weighted by molar-refractivity contribution is 7.14. The summed E-state index contributed by atoms with van der Waals surface area (Å²) in [7, 11) is 0.